The highest BCUT2D eigenvalue weighted by atomic mass is 16.5. The second-order valence-corrected chi connectivity index (χ2v) is 9.51. The second-order valence-electron chi connectivity index (χ2n) is 9.51. The van der Waals surface area contributed by atoms with Gasteiger partial charge < -0.3 is 19.1 Å². The van der Waals surface area contributed by atoms with Crippen LogP contribution >= 0.6 is 0 Å². The summed E-state index contributed by atoms with van der Waals surface area (Å²) < 4.78 is 13.6. The fourth-order valence-corrected chi connectivity index (χ4v) is 4.47. The largest absolute Gasteiger partial charge is 0.488 e. The number of hydrogen-bond donors (Lipinski definition) is 1. The SMILES string of the molecule is Cc1noc(C)c1COc1cc2ccccc2cc1C(=O)Nc1cccc(Cn2ccnc2C(C)C)c1. The molecule has 7 heteroatoms. The Morgan fingerprint density at radius 2 is 1.84 bits per heavy atom. The van der Waals surface area contributed by atoms with Crippen LogP contribution in [0, 0.1) is 13.8 Å². The van der Waals surface area contributed by atoms with E-state index in [4.69, 9.17) is 9.26 Å². The Labute approximate surface area is 216 Å². The van der Waals surface area contributed by atoms with E-state index in [-0.39, 0.29) is 12.5 Å². The fraction of sp³-hybridized carbons (Fsp3) is 0.233. The van der Waals surface area contributed by atoms with Crippen molar-refractivity contribution in [3.63, 3.8) is 0 Å². The number of carbonyl (C=O) groups is 1. The van der Waals surface area contributed by atoms with Gasteiger partial charge in [-0.25, -0.2) is 4.98 Å². The molecule has 0 saturated carbocycles. The third-order valence-electron chi connectivity index (χ3n) is 6.45. The van der Waals surface area contributed by atoms with Crippen molar-refractivity contribution in [2.75, 3.05) is 5.32 Å². The topological polar surface area (TPSA) is 82.2 Å². The maximum atomic E-state index is 13.5. The molecule has 0 unspecified atom stereocenters. The van der Waals surface area contributed by atoms with Crippen LogP contribution in [0.4, 0.5) is 5.69 Å². The van der Waals surface area contributed by atoms with Gasteiger partial charge in [0, 0.05) is 30.5 Å². The summed E-state index contributed by atoms with van der Waals surface area (Å²) in [5.41, 5.74) is 3.92. The smallest absolute Gasteiger partial charge is 0.259 e. The normalized spacial score (nSPS) is 11.3. The summed E-state index contributed by atoms with van der Waals surface area (Å²) in [6.45, 7) is 8.93. The number of nitrogens with one attached hydrogen (secondary N) is 1. The van der Waals surface area contributed by atoms with E-state index < -0.39 is 0 Å². The van der Waals surface area contributed by atoms with Crippen LogP contribution in [0.1, 0.15) is 58.5 Å². The second kappa shape index (κ2) is 10.3. The predicted octanol–water partition coefficient (Wildman–Crippen LogP) is 6.64. The molecular weight excluding hydrogens is 464 g/mol. The van der Waals surface area contributed by atoms with E-state index in [9.17, 15) is 4.79 Å². The molecule has 3 aromatic carbocycles. The lowest BCUT2D eigenvalue weighted by atomic mass is 10.0. The molecule has 0 spiro atoms. The van der Waals surface area contributed by atoms with Gasteiger partial charge in [0.1, 0.15) is 23.9 Å². The molecule has 0 radical (unpaired) electrons. The van der Waals surface area contributed by atoms with Crippen molar-refractivity contribution in [3.8, 4) is 5.75 Å². The Morgan fingerprint density at radius 1 is 1.05 bits per heavy atom. The third-order valence-corrected chi connectivity index (χ3v) is 6.45. The Kier molecular flexibility index (Phi) is 6.77. The summed E-state index contributed by atoms with van der Waals surface area (Å²) in [5, 5.41) is 9.03. The lowest BCUT2D eigenvalue weighted by molar-refractivity contribution is 0.102. The predicted molar refractivity (Wildman–Crippen MR) is 144 cm³/mol. The fourth-order valence-electron chi connectivity index (χ4n) is 4.47. The Balaban J connectivity index is 1.40. The van der Waals surface area contributed by atoms with Crippen LogP contribution in [0.5, 0.6) is 5.75 Å². The number of carbonyl (C=O) groups excluding carboxylic acids is 1. The molecular formula is C30H30N4O3. The number of amides is 1. The zero-order chi connectivity index (χ0) is 25.9. The molecule has 0 aliphatic rings. The minimum absolute atomic E-state index is 0.234. The molecule has 0 atom stereocenters. The van der Waals surface area contributed by atoms with Crippen LogP contribution in [0.2, 0.25) is 0 Å². The number of hydrogen-bond acceptors (Lipinski definition) is 5. The molecule has 0 aliphatic heterocycles. The zero-order valence-corrected chi connectivity index (χ0v) is 21.5. The highest BCUT2D eigenvalue weighted by Gasteiger charge is 2.17. The van der Waals surface area contributed by atoms with Gasteiger partial charge in [-0.2, -0.15) is 0 Å². The number of aromatic nitrogens is 3. The van der Waals surface area contributed by atoms with Gasteiger partial charge >= 0.3 is 0 Å². The number of imidazole rings is 1. The number of rotatable bonds is 8. The minimum atomic E-state index is -0.234. The first kappa shape index (κ1) is 24.3. The zero-order valence-electron chi connectivity index (χ0n) is 21.5. The molecule has 7 nitrogen and oxygen atoms in total. The number of fused-ring (bicyclic) bond motifs is 1. The highest BCUT2D eigenvalue weighted by Crippen LogP contribution is 2.29. The van der Waals surface area contributed by atoms with E-state index in [0.29, 0.717) is 29.5 Å². The standard InChI is InChI=1S/C30H30N4O3/c1-19(2)29-31-12-13-34(29)17-22-8-7-11-25(14-22)32-30(35)26-15-23-9-5-6-10-24(23)16-28(26)36-18-27-20(3)33-37-21(27)4/h5-16,19H,17-18H2,1-4H3,(H,32,35). The first-order valence-electron chi connectivity index (χ1n) is 12.4. The maximum absolute atomic E-state index is 13.5. The maximum Gasteiger partial charge on any atom is 0.259 e. The molecule has 0 fully saturated rings. The summed E-state index contributed by atoms with van der Waals surface area (Å²) in [5.74, 6) is 2.34. The summed E-state index contributed by atoms with van der Waals surface area (Å²) in [7, 11) is 0. The van der Waals surface area contributed by atoms with Crippen LogP contribution in [0.25, 0.3) is 10.8 Å². The van der Waals surface area contributed by atoms with E-state index >= 15 is 0 Å². The number of anilines is 1. The van der Waals surface area contributed by atoms with Crippen molar-refractivity contribution >= 4 is 22.4 Å². The van der Waals surface area contributed by atoms with Crippen LogP contribution in [0.3, 0.4) is 0 Å². The number of nitrogens with zero attached hydrogens (tertiary/aromatic N) is 3. The molecule has 37 heavy (non-hydrogen) atoms. The van der Waals surface area contributed by atoms with Gasteiger partial charge in [0.15, 0.2) is 0 Å². The Hall–Kier alpha value is -4.39. The highest BCUT2D eigenvalue weighted by molar-refractivity contribution is 6.08. The summed E-state index contributed by atoms with van der Waals surface area (Å²) >= 11 is 0. The monoisotopic (exact) mass is 494 g/mol. The van der Waals surface area contributed by atoms with Crippen molar-refractivity contribution in [1.82, 2.24) is 14.7 Å². The van der Waals surface area contributed by atoms with Gasteiger partial charge in [0.25, 0.3) is 5.91 Å². The van der Waals surface area contributed by atoms with Gasteiger partial charge in [0.2, 0.25) is 0 Å². The lowest BCUT2D eigenvalue weighted by Crippen LogP contribution is -2.14. The van der Waals surface area contributed by atoms with E-state index in [1.165, 1.54) is 0 Å². The molecule has 2 aromatic heterocycles. The average Bonchev–Trinajstić information content (AvgIpc) is 3.48. The van der Waals surface area contributed by atoms with Gasteiger partial charge in [-0.1, -0.05) is 55.4 Å². The van der Waals surface area contributed by atoms with Crippen LogP contribution in [-0.4, -0.2) is 20.6 Å². The third kappa shape index (κ3) is 5.26. The first-order chi connectivity index (χ1) is 17.9. The van der Waals surface area contributed by atoms with E-state index in [0.717, 1.165) is 39.1 Å². The molecule has 1 amide bonds. The Morgan fingerprint density at radius 3 is 2.57 bits per heavy atom. The van der Waals surface area contributed by atoms with Gasteiger partial charge in [-0.15, -0.1) is 0 Å². The van der Waals surface area contributed by atoms with Crippen molar-refractivity contribution in [2.24, 2.45) is 0 Å². The molecule has 188 valence electrons. The lowest BCUT2D eigenvalue weighted by Gasteiger charge is -2.14. The molecule has 0 aliphatic carbocycles. The van der Waals surface area contributed by atoms with Crippen LogP contribution in [-0.2, 0) is 13.2 Å². The number of aryl methyl sites for hydroxylation is 2. The van der Waals surface area contributed by atoms with Crippen molar-refractivity contribution in [2.45, 2.75) is 46.8 Å². The van der Waals surface area contributed by atoms with Gasteiger partial charge in [-0.05, 0) is 54.4 Å². The Bertz CT molecular complexity index is 1540. The molecule has 2 heterocycles. The summed E-state index contributed by atoms with van der Waals surface area (Å²) in [6.07, 6.45) is 3.81. The average molecular weight is 495 g/mol. The van der Waals surface area contributed by atoms with E-state index in [2.05, 4.69) is 33.9 Å². The van der Waals surface area contributed by atoms with Gasteiger partial charge in [-0.3, -0.25) is 4.79 Å². The summed E-state index contributed by atoms with van der Waals surface area (Å²) in [4.78, 5) is 18.0. The van der Waals surface area contributed by atoms with E-state index in [1.54, 1.807) is 0 Å². The molecule has 1 N–H and O–H groups in total. The molecule has 5 aromatic rings. The van der Waals surface area contributed by atoms with Crippen molar-refractivity contribution in [1.29, 1.82) is 0 Å². The van der Waals surface area contributed by atoms with Gasteiger partial charge in [0.05, 0.1) is 16.8 Å². The van der Waals surface area contributed by atoms with Crippen molar-refractivity contribution < 1.29 is 14.1 Å². The van der Waals surface area contributed by atoms with E-state index in [1.807, 2.05) is 86.9 Å². The van der Waals surface area contributed by atoms with Crippen molar-refractivity contribution in [3.05, 3.63) is 107 Å². The summed E-state index contributed by atoms with van der Waals surface area (Å²) in [6, 6.07) is 19.6. The number of ether oxygens (including phenoxy) is 1. The molecule has 5 rings (SSSR count). The minimum Gasteiger partial charge on any atom is -0.488 e. The molecule has 0 saturated heterocycles. The number of benzene rings is 3. The molecule has 0 bridgehead atoms. The quantitative estimate of drug-likeness (QED) is 0.261. The van der Waals surface area contributed by atoms with Crippen LogP contribution in [0.15, 0.2) is 77.6 Å². The van der Waals surface area contributed by atoms with Crippen LogP contribution < -0.4 is 10.1 Å². The first-order valence-corrected chi connectivity index (χ1v) is 12.4.